The van der Waals surface area contributed by atoms with Crippen LogP contribution in [0.3, 0.4) is 0 Å². The van der Waals surface area contributed by atoms with E-state index in [4.69, 9.17) is 9.47 Å². The van der Waals surface area contributed by atoms with Gasteiger partial charge < -0.3 is 9.47 Å². The maximum absolute atomic E-state index is 11.7. The largest absolute Gasteiger partial charge is 0.454 e. The summed E-state index contributed by atoms with van der Waals surface area (Å²) in [6.07, 6.45) is 7.76. The van der Waals surface area contributed by atoms with Crippen LogP contribution in [0, 0.1) is 0 Å². The number of amides is 1. The zero-order chi connectivity index (χ0) is 15.8. The van der Waals surface area contributed by atoms with E-state index in [9.17, 15) is 4.79 Å². The second-order valence-electron chi connectivity index (χ2n) is 5.18. The number of hydrogen-bond acceptors (Lipinski definition) is 4. The van der Waals surface area contributed by atoms with Gasteiger partial charge in [0.05, 0.1) is 6.21 Å². The Labute approximate surface area is 139 Å². The molecular formula is C16H21BrN2O3. The topological polar surface area (TPSA) is 59.9 Å². The van der Waals surface area contributed by atoms with E-state index in [1.54, 1.807) is 6.21 Å². The quantitative estimate of drug-likeness (QED) is 0.428. The Bertz CT molecular complexity index is 546. The predicted molar refractivity (Wildman–Crippen MR) is 89.4 cm³/mol. The number of nitrogens with zero attached hydrogens (tertiary/aromatic N) is 1. The maximum atomic E-state index is 11.7. The molecule has 0 aromatic heterocycles. The highest BCUT2D eigenvalue weighted by molar-refractivity contribution is 9.10. The number of unbranched alkanes of at least 4 members (excludes halogenated alkanes) is 4. The third-order valence-corrected chi connectivity index (χ3v) is 4.08. The summed E-state index contributed by atoms with van der Waals surface area (Å²) in [5.74, 6) is 1.34. The number of hydrazone groups is 1. The Balaban J connectivity index is 1.76. The molecule has 0 saturated heterocycles. The number of fused-ring (bicyclic) bond motifs is 1. The lowest BCUT2D eigenvalue weighted by molar-refractivity contribution is -0.121. The third kappa shape index (κ3) is 5.02. The molecular weight excluding hydrogens is 348 g/mol. The van der Waals surface area contributed by atoms with Crippen LogP contribution >= 0.6 is 15.9 Å². The van der Waals surface area contributed by atoms with Crippen LogP contribution in [0.15, 0.2) is 21.7 Å². The first-order valence-electron chi connectivity index (χ1n) is 7.61. The van der Waals surface area contributed by atoms with E-state index in [2.05, 4.69) is 33.4 Å². The number of carbonyl (C=O) groups is 1. The minimum absolute atomic E-state index is 0.0513. The Kier molecular flexibility index (Phi) is 6.71. The molecule has 1 aromatic carbocycles. The van der Waals surface area contributed by atoms with Gasteiger partial charge >= 0.3 is 0 Å². The zero-order valence-electron chi connectivity index (χ0n) is 12.7. The van der Waals surface area contributed by atoms with Gasteiger partial charge in [0.2, 0.25) is 12.7 Å². The van der Waals surface area contributed by atoms with Crippen molar-refractivity contribution < 1.29 is 14.3 Å². The van der Waals surface area contributed by atoms with Crippen LogP contribution < -0.4 is 14.9 Å². The van der Waals surface area contributed by atoms with E-state index in [0.717, 1.165) is 22.9 Å². The molecule has 1 amide bonds. The molecule has 5 nitrogen and oxygen atoms in total. The van der Waals surface area contributed by atoms with Gasteiger partial charge in [0.25, 0.3) is 0 Å². The second kappa shape index (κ2) is 8.78. The summed E-state index contributed by atoms with van der Waals surface area (Å²) < 4.78 is 11.4. The molecule has 2 rings (SSSR count). The summed E-state index contributed by atoms with van der Waals surface area (Å²) in [6.45, 7) is 2.41. The van der Waals surface area contributed by atoms with Gasteiger partial charge in [0.1, 0.15) is 0 Å². The molecule has 1 aromatic rings. The minimum Gasteiger partial charge on any atom is -0.454 e. The summed E-state index contributed by atoms with van der Waals surface area (Å²) >= 11 is 3.44. The van der Waals surface area contributed by atoms with Gasteiger partial charge in [0, 0.05) is 16.5 Å². The lowest BCUT2D eigenvalue weighted by Gasteiger charge is -2.02. The molecule has 0 fully saturated rings. The lowest BCUT2D eigenvalue weighted by atomic mass is 10.1. The first-order valence-corrected chi connectivity index (χ1v) is 8.41. The minimum atomic E-state index is -0.0513. The highest BCUT2D eigenvalue weighted by Gasteiger charge is 2.15. The number of ether oxygens (including phenoxy) is 2. The van der Waals surface area contributed by atoms with E-state index in [1.807, 2.05) is 12.1 Å². The molecule has 0 radical (unpaired) electrons. The smallest absolute Gasteiger partial charge is 0.240 e. The van der Waals surface area contributed by atoms with Gasteiger partial charge in [-0.25, -0.2) is 5.43 Å². The fourth-order valence-corrected chi connectivity index (χ4v) is 2.58. The van der Waals surface area contributed by atoms with Crippen LogP contribution in [0.4, 0.5) is 0 Å². The maximum Gasteiger partial charge on any atom is 0.240 e. The molecule has 120 valence electrons. The molecule has 1 N–H and O–H groups in total. The lowest BCUT2D eigenvalue weighted by Crippen LogP contribution is -2.16. The van der Waals surface area contributed by atoms with Crippen molar-refractivity contribution in [1.82, 2.24) is 5.43 Å². The van der Waals surface area contributed by atoms with Crippen LogP contribution in [0.2, 0.25) is 0 Å². The van der Waals surface area contributed by atoms with Crippen LogP contribution in [-0.2, 0) is 4.79 Å². The van der Waals surface area contributed by atoms with Crippen LogP contribution in [0.1, 0.15) is 51.0 Å². The van der Waals surface area contributed by atoms with E-state index >= 15 is 0 Å². The first-order chi connectivity index (χ1) is 10.7. The van der Waals surface area contributed by atoms with E-state index < -0.39 is 0 Å². The molecule has 6 heteroatoms. The van der Waals surface area contributed by atoms with Crippen molar-refractivity contribution in [1.29, 1.82) is 0 Å². The average Bonchev–Trinajstić information content (AvgIpc) is 2.94. The monoisotopic (exact) mass is 368 g/mol. The van der Waals surface area contributed by atoms with Gasteiger partial charge in [-0.05, 0) is 34.5 Å². The highest BCUT2D eigenvalue weighted by Crippen LogP contribution is 2.36. The number of nitrogens with one attached hydrogen (secondary N) is 1. The predicted octanol–water partition coefficient (Wildman–Crippen LogP) is 3.99. The number of carbonyl (C=O) groups excluding carboxylic acids is 1. The molecule has 22 heavy (non-hydrogen) atoms. The van der Waals surface area contributed by atoms with Gasteiger partial charge in [0.15, 0.2) is 11.5 Å². The summed E-state index contributed by atoms with van der Waals surface area (Å²) in [5.41, 5.74) is 3.38. The van der Waals surface area contributed by atoms with Gasteiger partial charge in [-0.2, -0.15) is 5.10 Å². The number of rotatable bonds is 8. The fourth-order valence-electron chi connectivity index (χ4n) is 2.15. The molecule has 0 atom stereocenters. The van der Waals surface area contributed by atoms with Gasteiger partial charge in [-0.3, -0.25) is 4.79 Å². The summed E-state index contributed by atoms with van der Waals surface area (Å²) in [4.78, 5) is 11.7. The number of halogens is 1. The summed E-state index contributed by atoms with van der Waals surface area (Å²) in [6, 6.07) is 3.66. The van der Waals surface area contributed by atoms with E-state index in [0.29, 0.717) is 17.9 Å². The van der Waals surface area contributed by atoms with Crippen LogP contribution in [-0.4, -0.2) is 18.9 Å². The van der Waals surface area contributed by atoms with Gasteiger partial charge in [-0.15, -0.1) is 0 Å². The zero-order valence-corrected chi connectivity index (χ0v) is 14.3. The van der Waals surface area contributed by atoms with E-state index in [-0.39, 0.29) is 12.7 Å². The molecule has 0 saturated carbocycles. The first kappa shape index (κ1) is 16.8. The third-order valence-electron chi connectivity index (χ3n) is 3.39. The molecule has 0 unspecified atom stereocenters. The van der Waals surface area contributed by atoms with Crippen molar-refractivity contribution >= 4 is 28.1 Å². The number of benzene rings is 1. The van der Waals surface area contributed by atoms with Crippen molar-refractivity contribution in [2.75, 3.05) is 6.79 Å². The highest BCUT2D eigenvalue weighted by atomic mass is 79.9. The van der Waals surface area contributed by atoms with Crippen LogP contribution in [0.5, 0.6) is 11.5 Å². The van der Waals surface area contributed by atoms with Gasteiger partial charge in [-0.1, -0.05) is 32.6 Å². The van der Waals surface area contributed by atoms with E-state index in [1.165, 1.54) is 19.3 Å². The Morgan fingerprint density at radius 1 is 1.27 bits per heavy atom. The average molecular weight is 369 g/mol. The second-order valence-corrected chi connectivity index (χ2v) is 6.04. The molecule has 0 bridgehead atoms. The Morgan fingerprint density at radius 3 is 2.77 bits per heavy atom. The summed E-state index contributed by atoms with van der Waals surface area (Å²) in [7, 11) is 0. The van der Waals surface area contributed by atoms with Crippen molar-refractivity contribution in [2.24, 2.45) is 5.10 Å². The number of hydrogen-bond donors (Lipinski definition) is 1. The SMILES string of the molecule is CCCCCCCC(=O)N/N=C/c1cc2c(cc1Br)OCO2. The van der Waals surface area contributed by atoms with Crippen molar-refractivity contribution in [3.63, 3.8) is 0 Å². The standard InChI is InChI=1S/C16H21BrN2O3/c1-2-3-4-5-6-7-16(20)19-18-10-12-8-14-15(9-13(12)17)22-11-21-14/h8-10H,2-7,11H2,1H3,(H,19,20)/b18-10+. The Morgan fingerprint density at radius 2 is 2.00 bits per heavy atom. The molecule has 1 heterocycles. The molecule has 0 spiro atoms. The summed E-state index contributed by atoms with van der Waals surface area (Å²) in [5, 5.41) is 3.99. The molecule has 1 aliphatic rings. The Hall–Kier alpha value is -1.56. The normalized spacial score (nSPS) is 12.8. The van der Waals surface area contributed by atoms with Crippen LogP contribution in [0.25, 0.3) is 0 Å². The van der Waals surface area contributed by atoms with Crippen molar-refractivity contribution in [3.8, 4) is 11.5 Å². The molecule has 0 aliphatic carbocycles. The van der Waals surface area contributed by atoms with Crippen molar-refractivity contribution in [2.45, 2.75) is 45.4 Å². The van der Waals surface area contributed by atoms with Crippen molar-refractivity contribution in [3.05, 3.63) is 22.2 Å². The molecule has 1 aliphatic heterocycles. The fraction of sp³-hybridized carbons (Fsp3) is 0.500.